The van der Waals surface area contributed by atoms with Gasteiger partial charge in [-0.3, -0.25) is 4.98 Å². The molecule has 1 aromatic carbocycles. The summed E-state index contributed by atoms with van der Waals surface area (Å²) in [6, 6.07) is 12.5. The van der Waals surface area contributed by atoms with E-state index in [-0.39, 0.29) is 6.03 Å². The van der Waals surface area contributed by atoms with Crippen molar-refractivity contribution in [1.29, 1.82) is 0 Å². The minimum atomic E-state index is -0.279. The molecule has 0 aliphatic carbocycles. The van der Waals surface area contributed by atoms with E-state index in [1.54, 1.807) is 24.5 Å². The number of para-hydroxylation sites is 1. The summed E-state index contributed by atoms with van der Waals surface area (Å²) in [6.45, 7) is 0. The van der Waals surface area contributed by atoms with Gasteiger partial charge in [-0.05, 0) is 24.3 Å². The SMILES string of the molecule is O=C(Nc1ccccc1)Nc1cccnc1. The van der Waals surface area contributed by atoms with E-state index in [0.717, 1.165) is 5.69 Å². The lowest BCUT2D eigenvalue weighted by Gasteiger charge is -2.06. The van der Waals surface area contributed by atoms with Crippen LogP contribution in [0.15, 0.2) is 54.9 Å². The lowest BCUT2D eigenvalue weighted by atomic mass is 10.3. The molecule has 2 amide bonds. The quantitative estimate of drug-likeness (QED) is 0.805. The maximum atomic E-state index is 11.5. The molecule has 2 rings (SSSR count). The van der Waals surface area contributed by atoms with E-state index in [0.29, 0.717) is 5.69 Å². The third-order valence-corrected chi connectivity index (χ3v) is 1.95. The molecule has 0 fully saturated rings. The number of pyridine rings is 1. The van der Waals surface area contributed by atoms with Crippen molar-refractivity contribution in [1.82, 2.24) is 4.98 Å². The molecule has 0 atom stereocenters. The lowest BCUT2D eigenvalue weighted by Crippen LogP contribution is -2.19. The Morgan fingerprint density at radius 1 is 0.938 bits per heavy atom. The normalized spacial score (nSPS) is 9.50. The highest BCUT2D eigenvalue weighted by atomic mass is 16.2. The molecule has 2 N–H and O–H groups in total. The van der Waals surface area contributed by atoms with Crippen LogP contribution in [0, 0.1) is 0 Å². The van der Waals surface area contributed by atoms with Crippen molar-refractivity contribution in [2.45, 2.75) is 0 Å². The molecular formula is C12H11N3O. The zero-order valence-electron chi connectivity index (χ0n) is 8.55. The van der Waals surface area contributed by atoms with Crippen LogP contribution in [0.2, 0.25) is 0 Å². The van der Waals surface area contributed by atoms with E-state index in [1.807, 2.05) is 30.3 Å². The van der Waals surface area contributed by atoms with E-state index < -0.39 is 0 Å². The number of hydrogen-bond acceptors (Lipinski definition) is 2. The first kappa shape index (κ1) is 10.2. The van der Waals surface area contributed by atoms with Crippen LogP contribution in [0.3, 0.4) is 0 Å². The first-order valence-electron chi connectivity index (χ1n) is 4.88. The van der Waals surface area contributed by atoms with Crippen LogP contribution in [-0.2, 0) is 0 Å². The van der Waals surface area contributed by atoms with E-state index in [2.05, 4.69) is 15.6 Å². The number of urea groups is 1. The molecule has 80 valence electrons. The predicted octanol–water partition coefficient (Wildman–Crippen LogP) is 2.73. The Morgan fingerprint density at radius 2 is 1.62 bits per heavy atom. The Kier molecular flexibility index (Phi) is 3.13. The standard InChI is InChI=1S/C12H11N3O/c16-12(14-10-5-2-1-3-6-10)15-11-7-4-8-13-9-11/h1-9H,(H2,14,15,16). The zero-order chi connectivity index (χ0) is 11.2. The highest BCUT2D eigenvalue weighted by Crippen LogP contribution is 2.07. The molecular weight excluding hydrogens is 202 g/mol. The van der Waals surface area contributed by atoms with Crippen LogP contribution < -0.4 is 10.6 Å². The van der Waals surface area contributed by atoms with Crippen molar-refractivity contribution in [3.8, 4) is 0 Å². The van der Waals surface area contributed by atoms with Crippen molar-refractivity contribution >= 4 is 17.4 Å². The monoisotopic (exact) mass is 213 g/mol. The van der Waals surface area contributed by atoms with Crippen molar-refractivity contribution in [2.24, 2.45) is 0 Å². The second-order valence-electron chi connectivity index (χ2n) is 3.19. The van der Waals surface area contributed by atoms with Gasteiger partial charge in [-0.25, -0.2) is 4.79 Å². The summed E-state index contributed by atoms with van der Waals surface area (Å²) in [4.78, 5) is 15.4. The summed E-state index contributed by atoms with van der Waals surface area (Å²) in [7, 11) is 0. The van der Waals surface area contributed by atoms with Crippen LogP contribution in [0.4, 0.5) is 16.2 Å². The van der Waals surface area contributed by atoms with Gasteiger partial charge in [-0.15, -0.1) is 0 Å². The highest BCUT2D eigenvalue weighted by Gasteiger charge is 2.00. The molecule has 0 spiro atoms. The lowest BCUT2D eigenvalue weighted by molar-refractivity contribution is 0.262. The molecule has 0 aliphatic heterocycles. The Labute approximate surface area is 93.3 Å². The summed E-state index contributed by atoms with van der Waals surface area (Å²) < 4.78 is 0. The second-order valence-corrected chi connectivity index (χ2v) is 3.19. The largest absolute Gasteiger partial charge is 0.323 e. The van der Waals surface area contributed by atoms with Gasteiger partial charge in [0, 0.05) is 11.9 Å². The Morgan fingerprint density at radius 3 is 2.31 bits per heavy atom. The molecule has 0 saturated heterocycles. The summed E-state index contributed by atoms with van der Waals surface area (Å²) in [5.74, 6) is 0. The van der Waals surface area contributed by atoms with E-state index >= 15 is 0 Å². The van der Waals surface area contributed by atoms with Gasteiger partial charge in [-0.1, -0.05) is 18.2 Å². The number of hydrogen-bond donors (Lipinski definition) is 2. The van der Waals surface area contributed by atoms with Gasteiger partial charge in [0.1, 0.15) is 0 Å². The average Bonchev–Trinajstić information content (AvgIpc) is 2.31. The number of nitrogens with zero attached hydrogens (tertiary/aromatic N) is 1. The van der Waals surface area contributed by atoms with Crippen molar-refractivity contribution in [2.75, 3.05) is 10.6 Å². The summed E-state index contributed by atoms with van der Waals surface area (Å²) >= 11 is 0. The molecule has 2 aromatic rings. The van der Waals surface area contributed by atoms with Crippen LogP contribution in [0.25, 0.3) is 0 Å². The molecule has 4 heteroatoms. The van der Waals surface area contributed by atoms with Crippen LogP contribution in [0.5, 0.6) is 0 Å². The maximum absolute atomic E-state index is 11.5. The van der Waals surface area contributed by atoms with Crippen molar-refractivity contribution < 1.29 is 4.79 Å². The zero-order valence-corrected chi connectivity index (χ0v) is 8.55. The molecule has 1 aromatic heterocycles. The average molecular weight is 213 g/mol. The molecule has 16 heavy (non-hydrogen) atoms. The summed E-state index contributed by atoms with van der Waals surface area (Å²) in [6.07, 6.45) is 3.24. The Hall–Kier alpha value is -2.36. The molecule has 0 radical (unpaired) electrons. The van der Waals surface area contributed by atoms with Gasteiger partial charge in [-0.2, -0.15) is 0 Å². The Bertz CT molecular complexity index is 413. The van der Waals surface area contributed by atoms with Gasteiger partial charge in [0.05, 0.1) is 11.9 Å². The van der Waals surface area contributed by atoms with E-state index in [4.69, 9.17) is 0 Å². The third-order valence-electron chi connectivity index (χ3n) is 1.95. The van der Waals surface area contributed by atoms with Crippen molar-refractivity contribution in [3.05, 3.63) is 54.9 Å². The van der Waals surface area contributed by atoms with E-state index in [1.165, 1.54) is 0 Å². The topological polar surface area (TPSA) is 54.0 Å². The van der Waals surface area contributed by atoms with Crippen LogP contribution >= 0.6 is 0 Å². The number of nitrogens with one attached hydrogen (secondary N) is 2. The molecule has 0 saturated carbocycles. The smallest absolute Gasteiger partial charge is 0.308 e. The molecule has 0 aliphatic rings. The first-order chi connectivity index (χ1) is 7.84. The number of aromatic nitrogens is 1. The number of rotatable bonds is 2. The van der Waals surface area contributed by atoms with Gasteiger partial charge >= 0.3 is 6.03 Å². The molecule has 0 bridgehead atoms. The Balaban J connectivity index is 1.95. The third kappa shape index (κ3) is 2.81. The highest BCUT2D eigenvalue weighted by molar-refractivity contribution is 5.99. The molecule has 1 heterocycles. The van der Waals surface area contributed by atoms with Gasteiger partial charge in [0.25, 0.3) is 0 Å². The fourth-order valence-electron chi connectivity index (χ4n) is 1.25. The minimum Gasteiger partial charge on any atom is -0.308 e. The summed E-state index contributed by atoms with van der Waals surface area (Å²) in [5, 5.41) is 5.39. The number of anilines is 2. The van der Waals surface area contributed by atoms with Crippen LogP contribution in [0.1, 0.15) is 0 Å². The molecule has 0 unspecified atom stereocenters. The minimum absolute atomic E-state index is 0.279. The summed E-state index contributed by atoms with van der Waals surface area (Å²) in [5.41, 5.74) is 1.42. The van der Waals surface area contributed by atoms with Gasteiger partial charge in [0.15, 0.2) is 0 Å². The fourth-order valence-corrected chi connectivity index (χ4v) is 1.25. The first-order valence-corrected chi connectivity index (χ1v) is 4.88. The number of carbonyl (C=O) groups excluding carboxylic acids is 1. The number of amides is 2. The molecule has 4 nitrogen and oxygen atoms in total. The van der Waals surface area contributed by atoms with Crippen LogP contribution in [-0.4, -0.2) is 11.0 Å². The maximum Gasteiger partial charge on any atom is 0.323 e. The predicted molar refractivity (Wildman–Crippen MR) is 63.3 cm³/mol. The van der Waals surface area contributed by atoms with E-state index in [9.17, 15) is 4.79 Å². The number of benzene rings is 1. The van der Waals surface area contributed by atoms with Crippen molar-refractivity contribution in [3.63, 3.8) is 0 Å². The fraction of sp³-hybridized carbons (Fsp3) is 0. The number of carbonyl (C=O) groups is 1. The van der Waals surface area contributed by atoms with Gasteiger partial charge in [0.2, 0.25) is 0 Å². The van der Waals surface area contributed by atoms with Gasteiger partial charge < -0.3 is 10.6 Å². The second kappa shape index (κ2) is 4.93.